The second-order valence-corrected chi connectivity index (χ2v) is 6.65. The van der Waals surface area contributed by atoms with Gasteiger partial charge in [0.15, 0.2) is 0 Å². The van der Waals surface area contributed by atoms with Crippen LogP contribution in [0.15, 0.2) is 43.0 Å². The zero-order valence-corrected chi connectivity index (χ0v) is 14.4. The molecule has 1 aromatic heterocycles. The number of amides is 2. The molecule has 1 fully saturated rings. The number of hydrogen-bond acceptors (Lipinski definition) is 3. The molecule has 0 radical (unpaired) electrons. The van der Waals surface area contributed by atoms with Gasteiger partial charge in [0.1, 0.15) is 0 Å². The summed E-state index contributed by atoms with van der Waals surface area (Å²) in [6.07, 6.45) is 8.32. The Labute approximate surface area is 147 Å². The lowest BCUT2D eigenvalue weighted by atomic mass is 10.1. The van der Waals surface area contributed by atoms with Crippen molar-refractivity contribution in [2.45, 2.75) is 32.7 Å². The predicted octanol–water partition coefficient (Wildman–Crippen LogP) is 2.69. The predicted molar refractivity (Wildman–Crippen MR) is 96.1 cm³/mol. The number of unbranched alkanes of at least 4 members (excludes halogenated alkanes) is 1. The summed E-state index contributed by atoms with van der Waals surface area (Å²) in [4.78, 5) is 28.2. The van der Waals surface area contributed by atoms with Gasteiger partial charge in [-0.25, -0.2) is 4.98 Å². The highest BCUT2D eigenvalue weighted by atomic mass is 16.2. The van der Waals surface area contributed by atoms with E-state index in [9.17, 15) is 9.59 Å². The van der Waals surface area contributed by atoms with Crippen LogP contribution in [0.4, 0.5) is 5.69 Å². The number of aromatic nitrogens is 2. The Hall–Kier alpha value is -2.63. The fraction of sp³-hybridized carbons (Fsp3) is 0.421. The molecule has 132 valence electrons. The average Bonchev–Trinajstić information content (AvgIpc) is 3.12. The fourth-order valence-electron chi connectivity index (χ4n) is 2.80. The third-order valence-corrected chi connectivity index (χ3v) is 4.53. The lowest BCUT2D eigenvalue weighted by Gasteiger charge is -2.08. The molecule has 6 nitrogen and oxygen atoms in total. The molecule has 0 unspecified atom stereocenters. The first-order chi connectivity index (χ1) is 12.1. The summed E-state index contributed by atoms with van der Waals surface area (Å²) in [5.41, 5.74) is 1.24. The van der Waals surface area contributed by atoms with Gasteiger partial charge >= 0.3 is 0 Å². The highest BCUT2D eigenvalue weighted by Crippen LogP contribution is 2.38. The van der Waals surface area contributed by atoms with Gasteiger partial charge in [0.25, 0.3) is 5.91 Å². The first kappa shape index (κ1) is 17.2. The molecular weight excluding hydrogens is 316 g/mol. The van der Waals surface area contributed by atoms with E-state index in [1.807, 2.05) is 16.8 Å². The van der Waals surface area contributed by atoms with E-state index < -0.39 is 0 Å². The Bertz CT molecular complexity index is 727. The number of aryl methyl sites for hydroxylation is 1. The lowest BCUT2D eigenvalue weighted by molar-refractivity contribution is -0.117. The van der Waals surface area contributed by atoms with Gasteiger partial charge in [-0.1, -0.05) is 13.0 Å². The van der Waals surface area contributed by atoms with Gasteiger partial charge in [-0.3, -0.25) is 9.59 Å². The minimum absolute atomic E-state index is 0.0459. The van der Waals surface area contributed by atoms with Crippen LogP contribution < -0.4 is 10.6 Å². The Kier molecular flexibility index (Phi) is 5.48. The minimum atomic E-state index is -0.112. The number of nitrogens with zero attached hydrogens (tertiary/aromatic N) is 2. The third kappa shape index (κ3) is 4.92. The Morgan fingerprint density at radius 1 is 1.32 bits per heavy atom. The van der Waals surface area contributed by atoms with Crippen LogP contribution in [0.5, 0.6) is 0 Å². The highest BCUT2D eigenvalue weighted by Gasteiger charge is 2.39. The van der Waals surface area contributed by atoms with Crippen LogP contribution in [0.2, 0.25) is 0 Å². The zero-order valence-electron chi connectivity index (χ0n) is 14.4. The van der Waals surface area contributed by atoms with Crippen LogP contribution in [0.1, 0.15) is 36.5 Å². The van der Waals surface area contributed by atoms with E-state index >= 15 is 0 Å². The van der Waals surface area contributed by atoms with Crippen molar-refractivity contribution in [2.24, 2.45) is 11.8 Å². The van der Waals surface area contributed by atoms with Crippen LogP contribution in [0, 0.1) is 11.8 Å². The average molecular weight is 340 g/mol. The summed E-state index contributed by atoms with van der Waals surface area (Å²) in [6.45, 7) is 3.60. The monoisotopic (exact) mass is 340 g/mol. The van der Waals surface area contributed by atoms with E-state index in [-0.39, 0.29) is 17.7 Å². The largest absolute Gasteiger partial charge is 0.352 e. The van der Waals surface area contributed by atoms with Gasteiger partial charge in [-0.15, -0.1) is 0 Å². The van der Waals surface area contributed by atoms with Gasteiger partial charge < -0.3 is 15.2 Å². The van der Waals surface area contributed by atoms with Crippen molar-refractivity contribution in [3.8, 4) is 0 Å². The van der Waals surface area contributed by atoms with Crippen molar-refractivity contribution >= 4 is 17.5 Å². The molecule has 0 saturated heterocycles. The van der Waals surface area contributed by atoms with Crippen LogP contribution in [0.25, 0.3) is 0 Å². The maximum atomic E-state index is 12.2. The summed E-state index contributed by atoms with van der Waals surface area (Å²) < 4.78 is 2.02. The number of rotatable bonds is 8. The number of carbonyl (C=O) groups is 2. The molecule has 2 amide bonds. The summed E-state index contributed by atoms with van der Waals surface area (Å²) >= 11 is 0. The molecule has 1 aliphatic carbocycles. The molecular formula is C19H24N4O2. The Morgan fingerprint density at radius 2 is 2.16 bits per heavy atom. The van der Waals surface area contributed by atoms with Gasteiger partial charge in [0.2, 0.25) is 5.91 Å². The molecule has 2 atom stereocenters. The van der Waals surface area contributed by atoms with Crippen LogP contribution in [0.3, 0.4) is 0 Å². The number of anilines is 1. The molecule has 6 heteroatoms. The van der Waals surface area contributed by atoms with E-state index in [0.29, 0.717) is 23.7 Å². The molecule has 25 heavy (non-hydrogen) atoms. The summed E-state index contributed by atoms with van der Waals surface area (Å²) in [5.74, 6) is 0.518. The van der Waals surface area contributed by atoms with Crippen molar-refractivity contribution in [3.63, 3.8) is 0 Å². The molecule has 1 aliphatic rings. The Morgan fingerprint density at radius 3 is 2.88 bits per heavy atom. The lowest BCUT2D eigenvalue weighted by Crippen LogP contribution is -2.25. The number of imidazole rings is 1. The molecule has 0 bridgehead atoms. The molecule has 1 saturated carbocycles. The smallest absolute Gasteiger partial charge is 0.251 e. The summed E-state index contributed by atoms with van der Waals surface area (Å²) in [7, 11) is 0. The number of carbonyl (C=O) groups excluding carboxylic acids is 2. The molecule has 1 aromatic carbocycles. The first-order valence-corrected chi connectivity index (χ1v) is 8.78. The van der Waals surface area contributed by atoms with Crippen molar-refractivity contribution < 1.29 is 9.59 Å². The molecule has 2 N–H and O–H groups in total. The van der Waals surface area contributed by atoms with Gasteiger partial charge in [-0.2, -0.15) is 0 Å². The highest BCUT2D eigenvalue weighted by molar-refractivity contribution is 5.98. The maximum Gasteiger partial charge on any atom is 0.251 e. The topological polar surface area (TPSA) is 76.0 Å². The quantitative estimate of drug-likeness (QED) is 0.726. The van der Waals surface area contributed by atoms with E-state index in [0.717, 1.165) is 25.8 Å². The second kappa shape index (κ2) is 7.96. The standard InChI is InChI=1S/C19H24N4O2/c1-14-11-17(14)19(25)22-16-6-4-5-15(12-16)18(24)21-7-2-3-9-23-10-8-20-13-23/h4-6,8,10,12-14,17H,2-3,7,9,11H2,1H3,(H,21,24)(H,22,25)/t14-,17+/m1/s1. The second-order valence-electron chi connectivity index (χ2n) is 6.65. The van der Waals surface area contributed by atoms with Crippen molar-refractivity contribution in [2.75, 3.05) is 11.9 Å². The van der Waals surface area contributed by atoms with E-state index in [1.165, 1.54) is 0 Å². The first-order valence-electron chi connectivity index (χ1n) is 8.78. The van der Waals surface area contributed by atoms with E-state index in [2.05, 4.69) is 22.5 Å². The number of hydrogen-bond donors (Lipinski definition) is 2. The maximum absolute atomic E-state index is 12.2. The Balaban J connectivity index is 1.42. The number of nitrogens with one attached hydrogen (secondary N) is 2. The fourth-order valence-corrected chi connectivity index (χ4v) is 2.80. The summed E-state index contributed by atoms with van der Waals surface area (Å²) in [5, 5.41) is 5.82. The van der Waals surface area contributed by atoms with Crippen molar-refractivity contribution in [3.05, 3.63) is 48.5 Å². The molecule has 0 spiro atoms. The van der Waals surface area contributed by atoms with Crippen molar-refractivity contribution in [1.82, 2.24) is 14.9 Å². The van der Waals surface area contributed by atoms with Crippen LogP contribution in [-0.2, 0) is 11.3 Å². The van der Waals surface area contributed by atoms with Gasteiger partial charge in [0, 0.05) is 42.7 Å². The van der Waals surface area contributed by atoms with E-state index in [1.54, 1.807) is 30.7 Å². The third-order valence-electron chi connectivity index (χ3n) is 4.53. The molecule has 2 aromatic rings. The molecule has 1 heterocycles. The van der Waals surface area contributed by atoms with Gasteiger partial charge in [-0.05, 0) is 43.4 Å². The molecule has 0 aliphatic heterocycles. The van der Waals surface area contributed by atoms with Crippen LogP contribution in [-0.4, -0.2) is 27.9 Å². The van der Waals surface area contributed by atoms with Crippen molar-refractivity contribution in [1.29, 1.82) is 0 Å². The van der Waals surface area contributed by atoms with Gasteiger partial charge in [0.05, 0.1) is 6.33 Å². The molecule has 3 rings (SSSR count). The normalized spacial score (nSPS) is 18.6. The summed E-state index contributed by atoms with van der Waals surface area (Å²) in [6, 6.07) is 7.09. The van der Waals surface area contributed by atoms with Crippen LogP contribution >= 0.6 is 0 Å². The zero-order chi connectivity index (χ0) is 17.6. The SMILES string of the molecule is C[C@@H]1C[C@@H]1C(=O)Nc1cccc(C(=O)NCCCCn2ccnc2)c1. The minimum Gasteiger partial charge on any atom is -0.352 e. The number of benzene rings is 1. The van der Waals surface area contributed by atoms with E-state index in [4.69, 9.17) is 0 Å².